The molecule has 0 radical (unpaired) electrons. The summed E-state index contributed by atoms with van der Waals surface area (Å²) in [7, 11) is 0. The summed E-state index contributed by atoms with van der Waals surface area (Å²) >= 11 is 1.76. The van der Waals surface area contributed by atoms with Crippen molar-refractivity contribution in [3.05, 3.63) is 57.8 Å². The highest BCUT2D eigenvalue weighted by molar-refractivity contribution is 7.09. The minimum Gasteiger partial charge on any atom is -0.198 e. The molecule has 15 heavy (non-hydrogen) atoms. The highest BCUT2D eigenvalue weighted by Gasteiger charge is 2.02. The van der Waals surface area contributed by atoms with Crippen LogP contribution in [0.15, 0.2) is 41.8 Å². The number of nitriles is 1. The van der Waals surface area contributed by atoms with Gasteiger partial charge in [0.05, 0.1) is 12.5 Å². The van der Waals surface area contributed by atoms with Crippen molar-refractivity contribution < 1.29 is 0 Å². The van der Waals surface area contributed by atoms with Crippen LogP contribution in [0.1, 0.15) is 16.0 Å². The van der Waals surface area contributed by atoms with Crippen molar-refractivity contribution >= 4 is 11.3 Å². The van der Waals surface area contributed by atoms with Crippen LogP contribution in [0, 0.1) is 11.3 Å². The van der Waals surface area contributed by atoms with Gasteiger partial charge in [0, 0.05) is 11.3 Å². The van der Waals surface area contributed by atoms with Crippen molar-refractivity contribution in [3.63, 3.8) is 0 Å². The van der Waals surface area contributed by atoms with Gasteiger partial charge >= 0.3 is 0 Å². The molecule has 0 bridgehead atoms. The standard InChI is InChI=1S/C13H11NS/c14-8-7-11-4-1-2-5-12(11)10-13-6-3-9-15-13/h1-6,9H,7,10H2. The van der Waals surface area contributed by atoms with Gasteiger partial charge in [-0.3, -0.25) is 0 Å². The zero-order chi connectivity index (χ0) is 10.5. The highest BCUT2D eigenvalue weighted by Crippen LogP contribution is 2.18. The van der Waals surface area contributed by atoms with Crippen LogP contribution in [-0.2, 0) is 12.8 Å². The Morgan fingerprint density at radius 1 is 1.07 bits per heavy atom. The van der Waals surface area contributed by atoms with Gasteiger partial charge in [-0.05, 0) is 22.6 Å². The molecular formula is C13H11NS. The van der Waals surface area contributed by atoms with Gasteiger partial charge in [0.25, 0.3) is 0 Å². The Kier molecular flexibility index (Phi) is 3.16. The van der Waals surface area contributed by atoms with E-state index in [1.54, 1.807) is 11.3 Å². The third kappa shape index (κ3) is 2.45. The third-order valence-corrected chi connectivity index (χ3v) is 3.21. The lowest BCUT2D eigenvalue weighted by Crippen LogP contribution is -1.92. The average molecular weight is 213 g/mol. The number of thiophene rings is 1. The predicted molar refractivity (Wildman–Crippen MR) is 62.9 cm³/mol. The van der Waals surface area contributed by atoms with E-state index in [2.05, 4.69) is 29.6 Å². The summed E-state index contributed by atoms with van der Waals surface area (Å²) in [6.45, 7) is 0. The third-order valence-electron chi connectivity index (χ3n) is 2.33. The largest absolute Gasteiger partial charge is 0.198 e. The molecule has 1 heterocycles. The lowest BCUT2D eigenvalue weighted by atomic mass is 10.0. The number of hydrogen-bond acceptors (Lipinski definition) is 2. The molecule has 1 aromatic heterocycles. The quantitative estimate of drug-likeness (QED) is 0.766. The molecule has 0 spiro atoms. The van der Waals surface area contributed by atoms with Gasteiger partial charge in [0.15, 0.2) is 0 Å². The Hall–Kier alpha value is -1.59. The van der Waals surface area contributed by atoms with Crippen molar-refractivity contribution in [1.29, 1.82) is 5.26 Å². The topological polar surface area (TPSA) is 23.8 Å². The van der Waals surface area contributed by atoms with Crippen molar-refractivity contribution in [2.75, 3.05) is 0 Å². The van der Waals surface area contributed by atoms with Crippen LogP contribution >= 0.6 is 11.3 Å². The maximum absolute atomic E-state index is 8.72. The molecule has 1 nitrogen and oxygen atoms in total. The summed E-state index contributed by atoms with van der Waals surface area (Å²) in [5.41, 5.74) is 2.41. The first kappa shape index (κ1) is 9.95. The summed E-state index contributed by atoms with van der Waals surface area (Å²) < 4.78 is 0. The molecule has 0 N–H and O–H groups in total. The molecule has 2 heteroatoms. The van der Waals surface area contributed by atoms with E-state index in [9.17, 15) is 0 Å². The Morgan fingerprint density at radius 3 is 2.53 bits per heavy atom. The van der Waals surface area contributed by atoms with Crippen molar-refractivity contribution in [2.24, 2.45) is 0 Å². The van der Waals surface area contributed by atoms with Crippen LogP contribution in [0.3, 0.4) is 0 Å². The Balaban J connectivity index is 2.24. The Morgan fingerprint density at radius 2 is 1.87 bits per heavy atom. The van der Waals surface area contributed by atoms with E-state index in [1.165, 1.54) is 10.4 Å². The van der Waals surface area contributed by atoms with E-state index >= 15 is 0 Å². The van der Waals surface area contributed by atoms with Crippen LogP contribution < -0.4 is 0 Å². The normalized spacial score (nSPS) is 9.80. The molecule has 0 atom stereocenters. The Labute approximate surface area is 93.6 Å². The lowest BCUT2D eigenvalue weighted by molar-refractivity contribution is 1.14. The average Bonchev–Trinajstić information content (AvgIpc) is 2.74. The lowest BCUT2D eigenvalue weighted by Gasteiger charge is -2.04. The molecule has 2 rings (SSSR count). The molecule has 0 unspecified atom stereocenters. The molecule has 2 aromatic rings. The second kappa shape index (κ2) is 4.77. The van der Waals surface area contributed by atoms with Crippen molar-refractivity contribution in [2.45, 2.75) is 12.8 Å². The summed E-state index contributed by atoms with van der Waals surface area (Å²) in [5.74, 6) is 0. The summed E-state index contributed by atoms with van der Waals surface area (Å²) in [4.78, 5) is 1.35. The molecule has 74 valence electrons. The summed E-state index contributed by atoms with van der Waals surface area (Å²) in [6.07, 6.45) is 1.44. The summed E-state index contributed by atoms with van der Waals surface area (Å²) in [5, 5.41) is 10.8. The maximum atomic E-state index is 8.72. The fraction of sp³-hybridized carbons (Fsp3) is 0.154. The number of nitrogens with zero attached hydrogens (tertiary/aromatic N) is 1. The van der Waals surface area contributed by atoms with E-state index in [0.29, 0.717) is 6.42 Å². The van der Waals surface area contributed by atoms with Gasteiger partial charge in [-0.2, -0.15) is 5.26 Å². The SMILES string of the molecule is N#CCc1ccccc1Cc1cccs1. The molecule has 0 amide bonds. The second-order valence-corrected chi connectivity index (χ2v) is 4.39. The molecule has 1 aromatic carbocycles. The molecule has 0 aliphatic carbocycles. The van der Waals surface area contributed by atoms with Gasteiger partial charge in [0.2, 0.25) is 0 Å². The second-order valence-electron chi connectivity index (χ2n) is 3.36. The molecule has 0 fully saturated rings. The van der Waals surface area contributed by atoms with Crippen LogP contribution in [-0.4, -0.2) is 0 Å². The number of rotatable bonds is 3. The Bertz CT molecular complexity index is 466. The van der Waals surface area contributed by atoms with E-state index in [0.717, 1.165) is 12.0 Å². The first-order chi connectivity index (χ1) is 7.40. The molecule has 0 aliphatic heterocycles. The van der Waals surface area contributed by atoms with Crippen LogP contribution in [0.5, 0.6) is 0 Å². The van der Waals surface area contributed by atoms with E-state index in [1.807, 2.05) is 18.2 Å². The van der Waals surface area contributed by atoms with Crippen LogP contribution in [0.2, 0.25) is 0 Å². The van der Waals surface area contributed by atoms with E-state index < -0.39 is 0 Å². The molecule has 0 saturated carbocycles. The molecule has 0 aliphatic rings. The first-order valence-electron chi connectivity index (χ1n) is 4.86. The zero-order valence-corrected chi connectivity index (χ0v) is 9.13. The van der Waals surface area contributed by atoms with Gasteiger partial charge in [-0.1, -0.05) is 30.3 Å². The summed E-state index contributed by atoms with van der Waals surface area (Å²) in [6, 6.07) is 14.6. The van der Waals surface area contributed by atoms with Crippen molar-refractivity contribution in [3.8, 4) is 6.07 Å². The minimum atomic E-state index is 0.502. The monoisotopic (exact) mass is 213 g/mol. The van der Waals surface area contributed by atoms with Crippen molar-refractivity contribution in [1.82, 2.24) is 0 Å². The first-order valence-corrected chi connectivity index (χ1v) is 5.74. The fourth-order valence-corrected chi connectivity index (χ4v) is 2.32. The number of hydrogen-bond donors (Lipinski definition) is 0. The molecular weight excluding hydrogens is 202 g/mol. The predicted octanol–water partition coefficient (Wildman–Crippen LogP) is 3.40. The van der Waals surface area contributed by atoms with Crippen LogP contribution in [0.4, 0.5) is 0 Å². The maximum Gasteiger partial charge on any atom is 0.0669 e. The van der Waals surface area contributed by atoms with Gasteiger partial charge in [0.1, 0.15) is 0 Å². The molecule has 0 saturated heterocycles. The fourth-order valence-electron chi connectivity index (χ4n) is 1.59. The van der Waals surface area contributed by atoms with Gasteiger partial charge in [-0.25, -0.2) is 0 Å². The highest BCUT2D eigenvalue weighted by atomic mass is 32.1. The van der Waals surface area contributed by atoms with Crippen LogP contribution in [0.25, 0.3) is 0 Å². The smallest absolute Gasteiger partial charge is 0.0669 e. The van der Waals surface area contributed by atoms with E-state index in [4.69, 9.17) is 5.26 Å². The minimum absolute atomic E-state index is 0.502. The number of benzene rings is 1. The van der Waals surface area contributed by atoms with E-state index in [-0.39, 0.29) is 0 Å². The van der Waals surface area contributed by atoms with Gasteiger partial charge < -0.3 is 0 Å². The van der Waals surface area contributed by atoms with Gasteiger partial charge in [-0.15, -0.1) is 11.3 Å². The zero-order valence-electron chi connectivity index (χ0n) is 8.31.